The van der Waals surface area contributed by atoms with Crippen LogP contribution in [0.1, 0.15) is 16.8 Å². The van der Waals surface area contributed by atoms with E-state index in [0.29, 0.717) is 5.56 Å². The van der Waals surface area contributed by atoms with Gasteiger partial charge in [-0.05, 0) is 24.7 Å². The Kier molecular flexibility index (Phi) is 4.58. The van der Waals surface area contributed by atoms with Crippen LogP contribution in [0.3, 0.4) is 0 Å². The molecular weight excluding hydrogens is 258 g/mol. The van der Waals surface area contributed by atoms with Gasteiger partial charge in [0, 0.05) is 24.9 Å². The molecule has 19 heavy (non-hydrogen) atoms. The summed E-state index contributed by atoms with van der Waals surface area (Å²) < 4.78 is 4.01. The van der Waals surface area contributed by atoms with E-state index in [-0.39, 0.29) is 0 Å². The number of hydrogen-bond donors (Lipinski definition) is 1. The summed E-state index contributed by atoms with van der Waals surface area (Å²) >= 11 is 1.20. The lowest BCUT2D eigenvalue weighted by Crippen LogP contribution is -2.15. The summed E-state index contributed by atoms with van der Waals surface area (Å²) in [6, 6.07) is 9.69. The molecule has 0 saturated carbocycles. The molecule has 0 unspecified atom stereocenters. The fourth-order valence-electron chi connectivity index (χ4n) is 1.77. The second-order valence-electron chi connectivity index (χ2n) is 4.21. The van der Waals surface area contributed by atoms with E-state index in [4.69, 9.17) is 10.4 Å². The number of nitrogens with two attached hydrogens (primary N) is 1. The van der Waals surface area contributed by atoms with E-state index in [1.54, 1.807) is 0 Å². The Morgan fingerprint density at radius 3 is 2.79 bits per heavy atom. The van der Waals surface area contributed by atoms with Crippen LogP contribution < -0.4 is 5.14 Å². The monoisotopic (exact) mass is 273 g/mol. The first kappa shape index (κ1) is 13.6. The molecule has 0 saturated heterocycles. The maximum absolute atomic E-state index is 8.77. The fraction of sp³-hybridized carbons (Fsp3) is 0.231. The largest absolute Gasteiger partial charge is 0.329 e. The third-order valence-electron chi connectivity index (χ3n) is 2.80. The van der Waals surface area contributed by atoms with Crippen molar-refractivity contribution < 1.29 is 0 Å². The number of rotatable bonds is 5. The molecular formula is C13H15N5S. The SMILES string of the molecule is CN(Cc1cncn1Cc1ccc(C#N)cc1)SN. The highest BCUT2D eigenvalue weighted by atomic mass is 32.2. The number of aromatic nitrogens is 2. The minimum absolute atomic E-state index is 0.675. The van der Waals surface area contributed by atoms with E-state index >= 15 is 0 Å². The third-order valence-corrected chi connectivity index (χ3v) is 3.29. The Balaban J connectivity index is 2.10. The topological polar surface area (TPSA) is 70.9 Å². The Labute approximate surface area is 116 Å². The number of imidazole rings is 1. The van der Waals surface area contributed by atoms with E-state index in [1.807, 2.05) is 48.1 Å². The maximum atomic E-state index is 8.77. The maximum Gasteiger partial charge on any atom is 0.0991 e. The predicted molar refractivity (Wildman–Crippen MR) is 75.7 cm³/mol. The van der Waals surface area contributed by atoms with Crippen LogP contribution >= 0.6 is 12.1 Å². The molecule has 98 valence electrons. The Morgan fingerprint density at radius 2 is 2.16 bits per heavy atom. The zero-order chi connectivity index (χ0) is 13.7. The lowest BCUT2D eigenvalue weighted by Gasteiger charge is -2.14. The van der Waals surface area contributed by atoms with Gasteiger partial charge in [-0.25, -0.2) is 9.29 Å². The van der Waals surface area contributed by atoms with Crippen molar-refractivity contribution in [1.82, 2.24) is 13.9 Å². The van der Waals surface area contributed by atoms with E-state index in [2.05, 4.69) is 15.6 Å². The predicted octanol–water partition coefficient (Wildman–Crippen LogP) is 1.76. The van der Waals surface area contributed by atoms with Crippen LogP contribution in [0, 0.1) is 11.3 Å². The van der Waals surface area contributed by atoms with Crippen LogP contribution in [0.5, 0.6) is 0 Å². The first-order valence-corrected chi connectivity index (χ1v) is 6.62. The van der Waals surface area contributed by atoms with Crippen molar-refractivity contribution in [2.75, 3.05) is 7.05 Å². The molecule has 2 N–H and O–H groups in total. The zero-order valence-corrected chi connectivity index (χ0v) is 11.5. The fourth-order valence-corrected chi connectivity index (χ4v) is 1.98. The summed E-state index contributed by atoms with van der Waals surface area (Å²) in [5.41, 5.74) is 2.92. The van der Waals surface area contributed by atoms with Gasteiger partial charge in [0.05, 0.1) is 30.2 Å². The molecule has 0 aliphatic heterocycles. The zero-order valence-electron chi connectivity index (χ0n) is 10.7. The van der Waals surface area contributed by atoms with E-state index in [0.717, 1.165) is 24.3 Å². The highest BCUT2D eigenvalue weighted by Gasteiger charge is 2.06. The number of hydrogen-bond acceptors (Lipinski definition) is 5. The van der Waals surface area contributed by atoms with Gasteiger partial charge in [-0.2, -0.15) is 5.26 Å². The third kappa shape index (κ3) is 3.58. The first-order chi connectivity index (χ1) is 9.22. The molecule has 2 rings (SSSR count). The second kappa shape index (κ2) is 6.38. The molecule has 0 atom stereocenters. The lowest BCUT2D eigenvalue weighted by atomic mass is 10.1. The van der Waals surface area contributed by atoms with Crippen molar-refractivity contribution in [3.05, 3.63) is 53.6 Å². The van der Waals surface area contributed by atoms with Crippen LogP contribution in [0.15, 0.2) is 36.8 Å². The van der Waals surface area contributed by atoms with Crippen molar-refractivity contribution in [2.45, 2.75) is 13.1 Å². The summed E-state index contributed by atoms with van der Waals surface area (Å²) in [5.74, 6) is 0. The second-order valence-corrected chi connectivity index (χ2v) is 5.05. The van der Waals surface area contributed by atoms with Crippen molar-refractivity contribution in [1.29, 1.82) is 5.26 Å². The van der Waals surface area contributed by atoms with Crippen LogP contribution in [-0.4, -0.2) is 20.9 Å². The Morgan fingerprint density at radius 1 is 1.42 bits per heavy atom. The molecule has 2 aromatic rings. The van der Waals surface area contributed by atoms with Gasteiger partial charge < -0.3 is 4.57 Å². The number of nitrogens with zero attached hydrogens (tertiary/aromatic N) is 4. The van der Waals surface area contributed by atoms with Gasteiger partial charge in [0.25, 0.3) is 0 Å². The number of nitriles is 1. The van der Waals surface area contributed by atoms with Crippen LogP contribution in [0.2, 0.25) is 0 Å². The lowest BCUT2D eigenvalue weighted by molar-refractivity contribution is 0.534. The number of benzene rings is 1. The van der Waals surface area contributed by atoms with Gasteiger partial charge in [-0.15, -0.1) is 0 Å². The molecule has 6 heteroatoms. The van der Waals surface area contributed by atoms with Crippen molar-refractivity contribution in [3.8, 4) is 6.07 Å². The van der Waals surface area contributed by atoms with Crippen LogP contribution in [-0.2, 0) is 13.1 Å². The quantitative estimate of drug-likeness (QED) is 0.840. The minimum atomic E-state index is 0.675. The van der Waals surface area contributed by atoms with Gasteiger partial charge in [-0.1, -0.05) is 12.1 Å². The van der Waals surface area contributed by atoms with E-state index < -0.39 is 0 Å². The molecule has 0 bridgehead atoms. The molecule has 0 fully saturated rings. The Bertz CT molecular complexity index is 569. The average Bonchev–Trinajstić information content (AvgIpc) is 2.86. The summed E-state index contributed by atoms with van der Waals surface area (Å²) in [4.78, 5) is 4.17. The van der Waals surface area contributed by atoms with Gasteiger partial charge in [-0.3, -0.25) is 5.14 Å². The summed E-state index contributed by atoms with van der Waals surface area (Å²) in [6.45, 7) is 1.47. The molecule has 0 amide bonds. The van der Waals surface area contributed by atoms with Crippen LogP contribution in [0.4, 0.5) is 0 Å². The average molecular weight is 273 g/mol. The molecule has 0 aliphatic rings. The standard InChI is InChI=1S/C13H15N5S/c1-17(19-15)9-13-7-16-10-18(13)8-12-4-2-11(6-14)3-5-12/h2-5,7,10H,8-9,15H2,1H3. The van der Waals surface area contributed by atoms with Crippen molar-refractivity contribution in [3.63, 3.8) is 0 Å². The molecule has 1 aromatic carbocycles. The highest BCUT2D eigenvalue weighted by Crippen LogP contribution is 2.11. The summed E-state index contributed by atoms with van der Waals surface area (Å²) in [7, 11) is 1.93. The van der Waals surface area contributed by atoms with Gasteiger partial charge >= 0.3 is 0 Å². The minimum Gasteiger partial charge on any atom is -0.329 e. The van der Waals surface area contributed by atoms with E-state index in [9.17, 15) is 0 Å². The normalized spacial score (nSPS) is 10.6. The molecule has 1 aromatic heterocycles. The van der Waals surface area contributed by atoms with Crippen LogP contribution in [0.25, 0.3) is 0 Å². The molecule has 0 radical (unpaired) electrons. The van der Waals surface area contributed by atoms with Gasteiger partial charge in [0.1, 0.15) is 0 Å². The van der Waals surface area contributed by atoms with Gasteiger partial charge in [0.2, 0.25) is 0 Å². The highest BCUT2D eigenvalue weighted by molar-refractivity contribution is 7.94. The molecule has 1 heterocycles. The molecule has 0 spiro atoms. The smallest absolute Gasteiger partial charge is 0.0991 e. The van der Waals surface area contributed by atoms with E-state index in [1.165, 1.54) is 12.1 Å². The summed E-state index contributed by atoms with van der Waals surface area (Å²) in [6.07, 6.45) is 3.65. The molecule has 5 nitrogen and oxygen atoms in total. The molecule has 0 aliphatic carbocycles. The van der Waals surface area contributed by atoms with Crippen molar-refractivity contribution >= 4 is 12.1 Å². The summed E-state index contributed by atoms with van der Waals surface area (Å²) in [5, 5.41) is 14.3. The van der Waals surface area contributed by atoms with Gasteiger partial charge in [0.15, 0.2) is 0 Å². The van der Waals surface area contributed by atoms with Crippen molar-refractivity contribution in [2.24, 2.45) is 5.14 Å². The Hall–Kier alpha value is -1.81. The first-order valence-electron chi connectivity index (χ1n) is 5.79.